The number of hydrogen-bond donors (Lipinski definition) is 0. The van der Waals surface area contributed by atoms with Gasteiger partial charge in [-0.3, -0.25) is 4.79 Å². The number of rotatable bonds is 8. The second kappa shape index (κ2) is 7.87. The standard InChI is InChI=1S/C11H20F2O2S/c1-4-10(15-9(2)14)16-8-6-5-7-11(3,12)13/h10H,4-8H2,1-3H3. The number of alkyl halides is 2. The zero-order chi connectivity index (χ0) is 12.6. The molecule has 0 aliphatic rings. The second-order valence-electron chi connectivity index (χ2n) is 3.85. The molecule has 0 aliphatic heterocycles. The molecule has 0 aromatic carbocycles. The second-order valence-corrected chi connectivity index (χ2v) is 5.11. The molecule has 1 atom stereocenters. The number of carbonyl (C=O) groups excluding carboxylic acids is 1. The number of carbonyl (C=O) groups is 1. The van der Waals surface area contributed by atoms with Gasteiger partial charge in [0.25, 0.3) is 0 Å². The predicted molar refractivity (Wildman–Crippen MR) is 62.8 cm³/mol. The maximum Gasteiger partial charge on any atom is 0.303 e. The van der Waals surface area contributed by atoms with Gasteiger partial charge in [0.1, 0.15) is 5.44 Å². The van der Waals surface area contributed by atoms with Crippen LogP contribution in [0, 0.1) is 0 Å². The molecule has 0 aliphatic carbocycles. The topological polar surface area (TPSA) is 26.3 Å². The normalized spacial score (nSPS) is 13.6. The van der Waals surface area contributed by atoms with Crippen LogP contribution in [0.5, 0.6) is 0 Å². The Balaban J connectivity index is 3.52. The van der Waals surface area contributed by atoms with E-state index in [-0.39, 0.29) is 17.8 Å². The summed E-state index contributed by atoms with van der Waals surface area (Å²) < 4.78 is 30.0. The highest BCUT2D eigenvalue weighted by Gasteiger charge is 2.19. The zero-order valence-corrected chi connectivity index (χ0v) is 10.9. The molecular weight excluding hydrogens is 234 g/mol. The Morgan fingerprint density at radius 2 is 2.06 bits per heavy atom. The van der Waals surface area contributed by atoms with Gasteiger partial charge in [0.15, 0.2) is 0 Å². The van der Waals surface area contributed by atoms with Crippen LogP contribution in [0.3, 0.4) is 0 Å². The van der Waals surface area contributed by atoms with Crippen LogP contribution in [0.2, 0.25) is 0 Å². The summed E-state index contributed by atoms with van der Waals surface area (Å²) in [6.45, 7) is 4.25. The molecule has 2 nitrogen and oxygen atoms in total. The van der Waals surface area contributed by atoms with Gasteiger partial charge in [-0.2, -0.15) is 0 Å². The lowest BCUT2D eigenvalue weighted by Crippen LogP contribution is -2.12. The molecule has 0 saturated carbocycles. The maximum absolute atomic E-state index is 12.5. The molecule has 96 valence electrons. The lowest BCUT2D eigenvalue weighted by molar-refractivity contribution is -0.142. The molecule has 0 aromatic rings. The van der Waals surface area contributed by atoms with E-state index in [0.29, 0.717) is 6.42 Å². The summed E-state index contributed by atoms with van der Waals surface area (Å²) >= 11 is 1.51. The highest BCUT2D eigenvalue weighted by Crippen LogP contribution is 2.22. The summed E-state index contributed by atoms with van der Waals surface area (Å²) in [4.78, 5) is 10.7. The maximum atomic E-state index is 12.5. The van der Waals surface area contributed by atoms with Gasteiger partial charge in [0.2, 0.25) is 5.92 Å². The van der Waals surface area contributed by atoms with Gasteiger partial charge in [0, 0.05) is 13.3 Å². The van der Waals surface area contributed by atoms with Crippen molar-refractivity contribution in [2.75, 3.05) is 5.75 Å². The lowest BCUT2D eigenvalue weighted by Gasteiger charge is -2.14. The Morgan fingerprint density at radius 3 is 2.50 bits per heavy atom. The Hall–Kier alpha value is -0.320. The van der Waals surface area contributed by atoms with Gasteiger partial charge in [-0.05, 0) is 31.9 Å². The minimum atomic E-state index is -2.56. The molecule has 0 radical (unpaired) electrons. The van der Waals surface area contributed by atoms with E-state index in [1.165, 1.54) is 18.7 Å². The Labute approximate surface area is 100 Å². The van der Waals surface area contributed by atoms with Gasteiger partial charge < -0.3 is 4.74 Å². The molecule has 0 spiro atoms. The SMILES string of the molecule is CCC(OC(C)=O)SCCCCC(C)(F)F. The van der Waals surface area contributed by atoms with Gasteiger partial charge in [-0.1, -0.05) is 6.92 Å². The van der Waals surface area contributed by atoms with Crippen molar-refractivity contribution < 1.29 is 18.3 Å². The smallest absolute Gasteiger partial charge is 0.303 e. The largest absolute Gasteiger partial charge is 0.451 e. The summed E-state index contributed by atoms with van der Waals surface area (Å²) in [5, 5.41) is 0. The van der Waals surface area contributed by atoms with Gasteiger partial charge >= 0.3 is 5.97 Å². The Bertz CT molecular complexity index is 205. The monoisotopic (exact) mass is 254 g/mol. The van der Waals surface area contributed by atoms with Crippen LogP contribution in [0.25, 0.3) is 0 Å². The third kappa shape index (κ3) is 10.2. The molecule has 5 heteroatoms. The van der Waals surface area contributed by atoms with E-state index in [1.807, 2.05) is 6.92 Å². The van der Waals surface area contributed by atoms with E-state index >= 15 is 0 Å². The minimum absolute atomic E-state index is 0.0715. The molecule has 0 N–H and O–H groups in total. The number of unbranched alkanes of at least 4 members (excludes halogenated alkanes) is 1. The Kier molecular flexibility index (Phi) is 7.72. The number of ether oxygens (including phenoxy) is 1. The van der Waals surface area contributed by atoms with Crippen LogP contribution < -0.4 is 0 Å². The lowest BCUT2D eigenvalue weighted by atomic mass is 10.2. The molecule has 0 bridgehead atoms. The van der Waals surface area contributed by atoms with E-state index in [2.05, 4.69) is 0 Å². The molecule has 0 heterocycles. The fourth-order valence-electron chi connectivity index (χ4n) is 1.17. The van der Waals surface area contributed by atoms with E-state index < -0.39 is 5.92 Å². The molecule has 1 unspecified atom stereocenters. The van der Waals surface area contributed by atoms with Crippen LogP contribution in [-0.2, 0) is 9.53 Å². The van der Waals surface area contributed by atoms with Gasteiger partial charge in [-0.15, -0.1) is 11.8 Å². The van der Waals surface area contributed by atoms with Crippen LogP contribution in [0.15, 0.2) is 0 Å². The van der Waals surface area contributed by atoms with Crippen molar-refractivity contribution >= 4 is 17.7 Å². The summed E-state index contributed by atoms with van der Waals surface area (Å²) in [7, 11) is 0. The van der Waals surface area contributed by atoms with Crippen LogP contribution >= 0.6 is 11.8 Å². The van der Waals surface area contributed by atoms with Crippen molar-refractivity contribution in [3.63, 3.8) is 0 Å². The number of esters is 1. The van der Waals surface area contributed by atoms with Crippen LogP contribution in [0.4, 0.5) is 8.78 Å². The molecule has 16 heavy (non-hydrogen) atoms. The third-order valence-electron chi connectivity index (χ3n) is 1.94. The molecule has 0 fully saturated rings. The first-order valence-corrected chi connectivity index (χ1v) is 6.56. The molecular formula is C11H20F2O2S. The summed E-state index contributed by atoms with van der Waals surface area (Å²) in [5.41, 5.74) is -0.139. The average Bonchev–Trinajstić information content (AvgIpc) is 2.13. The van der Waals surface area contributed by atoms with E-state index in [9.17, 15) is 13.6 Å². The van der Waals surface area contributed by atoms with Gasteiger partial charge in [0.05, 0.1) is 0 Å². The molecule has 0 aromatic heterocycles. The summed E-state index contributed by atoms with van der Waals surface area (Å²) in [6.07, 6.45) is 1.91. The van der Waals surface area contributed by atoms with Gasteiger partial charge in [-0.25, -0.2) is 8.78 Å². The number of thioether (sulfide) groups is 1. The first kappa shape index (κ1) is 15.7. The third-order valence-corrected chi connectivity index (χ3v) is 3.27. The fraction of sp³-hybridized carbons (Fsp3) is 0.909. The summed E-state index contributed by atoms with van der Waals surface area (Å²) in [6, 6.07) is 0. The average molecular weight is 254 g/mol. The van der Waals surface area contributed by atoms with Crippen molar-refractivity contribution in [3.8, 4) is 0 Å². The highest BCUT2D eigenvalue weighted by atomic mass is 32.2. The van der Waals surface area contributed by atoms with Crippen molar-refractivity contribution in [1.82, 2.24) is 0 Å². The van der Waals surface area contributed by atoms with Crippen LogP contribution in [0.1, 0.15) is 46.5 Å². The molecule has 0 rings (SSSR count). The molecule has 0 saturated heterocycles. The fourth-order valence-corrected chi connectivity index (χ4v) is 2.25. The van der Waals surface area contributed by atoms with Crippen molar-refractivity contribution in [2.45, 2.75) is 57.8 Å². The first-order valence-electron chi connectivity index (χ1n) is 5.52. The predicted octanol–water partition coefficient (Wildman–Crippen LogP) is 3.84. The minimum Gasteiger partial charge on any atom is -0.451 e. The first-order chi connectivity index (χ1) is 7.35. The molecule has 0 amide bonds. The van der Waals surface area contributed by atoms with Crippen molar-refractivity contribution in [1.29, 1.82) is 0 Å². The number of hydrogen-bond acceptors (Lipinski definition) is 3. The number of halogens is 2. The zero-order valence-electron chi connectivity index (χ0n) is 10.1. The highest BCUT2D eigenvalue weighted by molar-refractivity contribution is 7.99. The quantitative estimate of drug-likeness (QED) is 0.374. The summed E-state index contributed by atoms with van der Waals surface area (Å²) in [5.74, 6) is -2.11. The van der Waals surface area contributed by atoms with Crippen molar-refractivity contribution in [3.05, 3.63) is 0 Å². The van der Waals surface area contributed by atoms with E-state index in [1.54, 1.807) is 0 Å². The van der Waals surface area contributed by atoms with Crippen molar-refractivity contribution in [2.24, 2.45) is 0 Å². The Morgan fingerprint density at radius 1 is 1.44 bits per heavy atom. The van der Waals surface area contributed by atoms with E-state index in [0.717, 1.165) is 25.5 Å². The van der Waals surface area contributed by atoms with E-state index in [4.69, 9.17) is 4.74 Å². The van der Waals surface area contributed by atoms with Crippen LogP contribution in [-0.4, -0.2) is 23.1 Å².